The van der Waals surface area contributed by atoms with E-state index < -0.39 is 0 Å². The van der Waals surface area contributed by atoms with Gasteiger partial charge in [-0.25, -0.2) is 4.39 Å². The molecule has 4 nitrogen and oxygen atoms in total. The van der Waals surface area contributed by atoms with Gasteiger partial charge >= 0.3 is 0 Å². The van der Waals surface area contributed by atoms with Crippen molar-refractivity contribution >= 4 is 28.4 Å². The highest BCUT2D eigenvalue weighted by Gasteiger charge is 2.26. The largest absolute Gasteiger partial charge is 0.486 e. The van der Waals surface area contributed by atoms with Gasteiger partial charge in [0, 0.05) is 11.9 Å². The van der Waals surface area contributed by atoms with Crippen molar-refractivity contribution in [3.05, 3.63) is 64.6 Å². The molecule has 1 unspecified atom stereocenters. The van der Waals surface area contributed by atoms with Crippen molar-refractivity contribution in [2.75, 3.05) is 0 Å². The Morgan fingerprint density at radius 3 is 2.81 bits per heavy atom. The van der Waals surface area contributed by atoms with Gasteiger partial charge in [0.15, 0.2) is 0 Å². The summed E-state index contributed by atoms with van der Waals surface area (Å²) in [7, 11) is 0. The van der Waals surface area contributed by atoms with E-state index in [0.717, 1.165) is 28.6 Å². The van der Waals surface area contributed by atoms with Crippen LogP contribution in [0.3, 0.4) is 0 Å². The summed E-state index contributed by atoms with van der Waals surface area (Å²) in [6, 6.07) is 11.5. The van der Waals surface area contributed by atoms with Gasteiger partial charge in [-0.1, -0.05) is 30.7 Å². The van der Waals surface area contributed by atoms with E-state index >= 15 is 0 Å². The van der Waals surface area contributed by atoms with Crippen LogP contribution in [0.5, 0.6) is 5.75 Å². The molecule has 0 spiro atoms. The number of aromatic nitrogens is 1. The molecule has 134 valence electrons. The minimum absolute atomic E-state index is 0.0166. The number of halogens is 2. The highest BCUT2D eigenvalue weighted by atomic mass is 35.5. The topological polar surface area (TPSA) is 43.3 Å². The van der Waals surface area contributed by atoms with Crippen molar-refractivity contribution in [2.24, 2.45) is 0 Å². The van der Waals surface area contributed by atoms with Gasteiger partial charge in [0.25, 0.3) is 5.91 Å². The molecule has 1 aliphatic heterocycles. The van der Waals surface area contributed by atoms with Crippen LogP contribution in [0.1, 0.15) is 29.4 Å². The molecule has 3 aromatic rings. The third kappa shape index (κ3) is 2.92. The summed E-state index contributed by atoms with van der Waals surface area (Å²) in [5, 5.41) is 4.30. The fourth-order valence-electron chi connectivity index (χ4n) is 3.30. The first-order valence-electron chi connectivity index (χ1n) is 8.58. The molecule has 2 heterocycles. The molecule has 1 atom stereocenters. The molecule has 0 saturated heterocycles. The maximum Gasteiger partial charge on any atom is 0.268 e. The van der Waals surface area contributed by atoms with Crippen LogP contribution >= 0.6 is 11.6 Å². The predicted molar refractivity (Wildman–Crippen MR) is 99.2 cm³/mol. The number of benzene rings is 2. The fraction of sp³-hybridized carbons (Fsp3) is 0.250. The molecule has 1 aliphatic rings. The molecule has 0 fully saturated rings. The number of carbonyl (C=O) groups excluding carboxylic acids is 1. The fourth-order valence-corrected chi connectivity index (χ4v) is 3.50. The summed E-state index contributed by atoms with van der Waals surface area (Å²) in [4.78, 5) is 12.8. The second-order valence-corrected chi connectivity index (χ2v) is 6.81. The summed E-state index contributed by atoms with van der Waals surface area (Å²) in [6.45, 7) is 2.99. The van der Waals surface area contributed by atoms with Crippen LogP contribution in [-0.2, 0) is 13.1 Å². The van der Waals surface area contributed by atoms with Crippen molar-refractivity contribution in [1.29, 1.82) is 0 Å². The average Bonchev–Trinajstić information content (AvgIpc) is 3.05. The molecular formula is C20H18ClFN2O2. The minimum Gasteiger partial charge on any atom is -0.486 e. The first-order chi connectivity index (χ1) is 12.6. The second kappa shape index (κ2) is 6.65. The van der Waals surface area contributed by atoms with E-state index in [9.17, 15) is 9.18 Å². The van der Waals surface area contributed by atoms with Crippen LogP contribution in [0.2, 0.25) is 5.02 Å². The summed E-state index contributed by atoms with van der Waals surface area (Å²) in [5.41, 5.74) is 2.25. The standard InChI is InChI=1S/C20H18ClFN2O2/c1-2-14-11-24-17(9-15-16(21)7-8-18(26-14)19(15)24)20(25)23-10-12-3-5-13(22)6-4-12/h3-9,14H,2,10-11H2,1H3,(H,23,25). The number of hydrogen-bond acceptors (Lipinski definition) is 2. The first kappa shape index (κ1) is 16.9. The Morgan fingerprint density at radius 1 is 1.31 bits per heavy atom. The maximum absolute atomic E-state index is 13.0. The Balaban J connectivity index is 1.66. The maximum atomic E-state index is 13.0. The third-order valence-electron chi connectivity index (χ3n) is 4.70. The summed E-state index contributed by atoms with van der Waals surface area (Å²) < 4.78 is 21.0. The minimum atomic E-state index is -0.296. The molecule has 6 heteroatoms. The van der Waals surface area contributed by atoms with Crippen LogP contribution in [-0.4, -0.2) is 16.6 Å². The molecule has 4 rings (SSSR count). The Labute approximate surface area is 155 Å². The van der Waals surface area contributed by atoms with Crippen LogP contribution in [0.25, 0.3) is 10.9 Å². The highest BCUT2D eigenvalue weighted by Crippen LogP contribution is 2.38. The molecule has 0 radical (unpaired) electrons. The normalized spacial score (nSPS) is 15.7. The van der Waals surface area contributed by atoms with Crippen LogP contribution in [0.15, 0.2) is 42.5 Å². The van der Waals surface area contributed by atoms with Crippen molar-refractivity contribution in [3.63, 3.8) is 0 Å². The number of ether oxygens (including phenoxy) is 1. The van der Waals surface area contributed by atoms with E-state index in [0.29, 0.717) is 23.8 Å². The van der Waals surface area contributed by atoms with E-state index in [1.165, 1.54) is 12.1 Å². The summed E-state index contributed by atoms with van der Waals surface area (Å²) in [6.07, 6.45) is 0.862. The van der Waals surface area contributed by atoms with Crippen molar-refractivity contribution < 1.29 is 13.9 Å². The van der Waals surface area contributed by atoms with Gasteiger partial charge < -0.3 is 14.6 Å². The van der Waals surface area contributed by atoms with Gasteiger partial charge in [0.05, 0.1) is 17.1 Å². The lowest BCUT2D eigenvalue weighted by molar-refractivity contribution is 0.0935. The SMILES string of the molecule is CCC1Cn2c(C(=O)NCc3ccc(F)cc3)cc3c(Cl)ccc(c32)O1. The van der Waals surface area contributed by atoms with Crippen molar-refractivity contribution in [1.82, 2.24) is 9.88 Å². The van der Waals surface area contributed by atoms with Crippen LogP contribution in [0.4, 0.5) is 4.39 Å². The van der Waals surface area contributed by atoms with E-state index in [1.54, 1.807) is 18.2 Å². The van der Waals surface area contributed by atoms with Gasteiger partial charge in [0.2, 0.25) is 0 Å². The van der Waals surface area contributed by atoms with Gasteiger partial charge in [-0.2, -0.15) is 0 Å². The number of rotatable bonds is 4. The second-order valence-electron chi connectivity index (χ2n) is 6.41. The van der Waals surface area contributed by atoms with Crippen LogP contribution in [0, 0.1) is 5.82 Å². The molecular weight excluding hydrogens is 355 g/mol. The Morgan fingerprint density at radius 2 is 2.08 bits per heavy atom. The third-order valence-corrected chi connectivity index (χ3v) is 5.03. The predicted octanol–water partition coefficient (Wildman–Crippen LogP) is 4.53. The molecule has 2 aromatic carbocycles. The Hall–Kier alpha value is -2.53. The quantitative estimate of drug-likeness (QED) is 0.731. The lowest BCUT2D eigenvalue weighted by Crippen LogP contribution is -2.31. The van der Waals surface area contributed by atoms with E-state index in [1.807, 2.05) is 16.7 Å². The molecule has 1 N–H and O–H groups in total. The number of hydrogen-bond donors (Lipinski definition) is 1. The zero-order valence-electron chi connectivity index (χ0n) is 14.3. The van der Waals surface area contributed by atoms with Crippen LogP contribution < -0.4 is 10.1 Å². The molecule has 1 amide bonds. The summed E-state index contributed by atoms with van der Waals surface area (Å²) >= 11 is 6.32. The smallest absolute Gasteiger partial charge is 0.268 e. The van der Waals surface area contributed by atoms with Gasteiger partial charge in [-0.05, 0) is 42.3 Å². The lowest BCUT2D eigenvalue weighted by atomic mass is 10.2. The molecule has 0 saturated carbocycles. The molecule has 0 aliphatic carbocycles. The first-order valence-corrected chi connectivity index (χ1v) is 8.95. The molecule has 0 bridgehead atoms. The van der Waals surface area contributed by atoms with Crippen molar-refractivity contribution in [2.45, 2.75) is 32.5 Å². The monoisotopic (exact) mass is 372 g/mol. The van der Waals surface area contributed by atoms with Gasteiger partial charge in [-0.15, -0.1) is 0 Å². The van der Waals surface area contributed by atoms with Crippen molar-refractivity contribution in [3.8, 4) is 5.75 Å². The Kier molecular flexibility index (Phi) is 4.32. The average molecular weight is 373 g/mol. The molecule has 1 aromatic heterocycles. The van der Waals surface area contributed by atoms with E-state index in [-0.39, 0.29) is 17.8 Å². The number of carbonyl (C=O) groups is 1. The highest BCUT2D eigenvalue weighted by molar-refractivity contribution is 6.36. The number of nitrogens with one attached hydrogen (secondary N) is 1. The number of amides is 1. The van der Waals surface area contributed by atoms with Gasteiger partial charge in [0.1, 0.15) is 23.4 Å². The zero-order valence-corrected chi connectivity index (χ0v) is 15.0. The van der Waals surface area contributed by atoms with E-state index in [2.05, 4.69) is 12.2 Å². The lowest BCUT2D eigenvalue weighted by Gasteiger charge is -2.26. The van der Waals surface area contributed by atoms with Gasteiger partial charge in [-0.3, -0.25) is 4.79 Å². The number of nitrogens with zero attached hydrogens (tertiary/aromatic N) is 1. The summed E-state index contributed by atoms with van der Waals surface area (Å²) in [5.74, 6) is 0.263. The zero-order chi connectivity index (χ0) is 18.3. The molecule has 26 heavy (non-hydrogen) atoms. The van der Waals surface area contributed by atoms with E-state index in [4.69, 9.17) is 16.3 Å². The Bertz CT molecular complexity index is 982.